The van der Waals surface area contributed by atoms with E-state index in [0.717, 1.165) is 38.5 Å². The first-order valence-electron chi connectivity index (χ1n) is 6.68. The molecule has 0 spiro atoms. The van der Waals surface area contributed by atoms with Crippen molar-refractivity contribution in [2.75, 3.05) is 6.54 Å². The van der Waals surface area contributed by atoms with Crippen molar-refractivity contribution in [2.45, 2.75) is 44.1 Å². The average Bonchev–Trinajstić information content (AvgIpc) is 2.94. The highest BCUT2D eigenvalue weighted by molar-refractivity contribution is 5.36. The molecule has 3 N–H and O–H groups in total. The summed E-state index contributed by atoms with van der Waals surface area (Å²) < 4.78 is 0. The van der Waals surface area contributed by atoms with Gasteiger partial charge in [-0.1, -0.05) is 37.1 Å². The van der Waals surface area contributed by atoms with Gasteiger partial charge in [0.1, 0.15) is 0 Å². The molecular formula is C15H21NO. The van der Waals surface area contributed by atoms with E-state index in [-0.39, 0.29) is 5.41 Å². The van der Waals surface area contributed by atoms with E-state index in [0.29, 0.717) is 6.54 Å². The Morgan fingerprint density at radius 3 is 2.06 bits per heavy atom. The van der Waals surface area contributed by atoms with Crippen LogP contribution in [-0.4, -0.2) is 17.3 Å². The Hall–Kier alpha value is -0.860. The number of rotatable bonds is 2. The van der Waals surface area contributed by atoms with Crippen molar-refractivity contribution in [3.05, 3.63) is 35.4 Å². The van der Waals surface area contributed by atoms with E-state index < -0.39 is 5.60 Å². The van der Waals surface area contributed by atoms with Crippen LogP contribution in [-0.2, 0) is 12.8 Å². The topological polar surface area (TPSA) is 46.2 Å². The van der Waals surface area contributed by atoms with Gasteiger partial charge in [-0.15, -0.1) is 0 Å². The first kappa shape index (κ1) is 11.2. The molecule has 1 saturated carbocycles. The number of hydrogen-bond acceptors (Lipinski definition) is 2. The van der Waals surface area contributed by atoms with Crippen molar-refractivity contribution in [1.29, 1.82) is 0 Å². The van der Waals surface area contributed by atoms with Crippen LogP contribution in [0.15, 0.2) is 24.3 Å². The summed E-state index contributed by atoms with van der Waals surface area (Å²) in [6.45, 7) is 0.595. The summed E-state index contributed by atoms with van der Waals surface area (Å²) in [6.07, 6.45) is 6.06. The molecule has 1 fully saturated rings. The normalized spacial score (nSPS) is 24.8. The fourth-order valence-corrected chi connectivity index (χ4v) is 3.85. The van der Waals surface area contributed by atoms with Gasteiger partial charge in [0.15, 0.2) is 0 Å². The minimum absolute atomic E-state index is 0.104. The Bertz CT molecular complexity index is 396. The van der Waals surface area contributed by atoms with E-state index in [1.165, 1.54) is 11.1 Å². The lowest BCUT2D eigenvalue weighted by molar-refractivity contribution is -0.0708. The van der Waals surface area contributed by atoms with E-state index in [2.05, 4.69) is 24.3 Å². The van der Waals surface area contributed by atoms with Gasteiger partial charge in [0.25, 0.3) is 0 Å². The molecule has 0 heterocycles. The molecule has 2 aliphatic rings. The maximum atomic E-state index is 10.9. The predicted octanol–water partition coefficient (Wildman–Crippen LogP) is 2.04. The standard InChI is InChI=1S/C15H21NO/c16-11-14(15(17)7-3-4-8-15)9-12-5-1-2-6-13(12)10-14/h1-2,5-6,17H,3-4,7-11,16H2. The van der Waals surface area contributed by atoms with Crippen LogP contribution in [0.5, 0.6) is 0 Å². The quantitative estimate of drug-likeness (QED) is 0.818. The smallest absolute Gasteiger partial charge is 0.0722 e. The molecule has 1 aromatic carbocycles. The highest BCUT2D eigenvalue weighted by Crippen LogP contribution is 2.50. The van der Waals surface area contributed by atoms with Crippen molar-refractivity contribution >= 4 is 0 Å². The lowest BCUT2D eigenvalue weighted by atomic mass is 9.68. The van der Waals surface area contributed by atoms with Crippen molar-refractivity contribution in [1.82, 2.24) is 0 Å². The Kier molecular flexibility index (Phi) is 2.53. The second-order valence-corrected chi connectivity index (χ2v) is 5.85. The van der Waals surface area contributed by atoms with Gasteiger partial charge in [0, 0.05) is 12.0 Å². The van der Waals surface area contributed by atoms with Gasteiger partial charge < -0.3 is 10.8 Å². The zero-order valence-electron chi connectivity index (χ0n) is 10.3. The van der Waals surface area contributed by atoms with Crippen LogP contribution in [0.4, 0.5) is 0 Å². The largest absolute Gasteiger partial charge is 0.389 e. The average molecular weight is 231 g/mol. The van der Waals surface area contributed by atoms with Gasteiger partial charge in [-0.25, -0.2) is 0 Å². The monoisotopic (exact) mass is 231 g/mol. The number of fused-ring (bicyclic) bond motifs is 1. The van der Waals surface area contributed by atoms with E-state index in [1.807, 2.05) is 0 Å². The van der Waals surface area contributed by atoms with Crippen LogP contribution in [0.1, 0.15) is 36.8 Å². The molecule has 0 radical (unpaired) electrons. The molecule has 0 aliphatic heterocycles. The van der Waals surface area contributed by atoms with E-state index in [4.69, 9.17) is 5.73 Å². The highest BCUT2D eigenvalue weighted by Gasteiger charge is 2.53. The molecule has 0 unspecified atom stereocenters. The molecule has 1 aromatic rings. The summed E-state index contributed by atoms with van der Waals surface area (Å²) in [6, 6.07) is 8.55. The minimum Gasteiger partial charge on any atom is -0.389 e. The molecule has 92 valence electrons. The molecule has 2 heteroatoms. The summed E-state index contributed by atoms with van der Waals surface area (Å²) in [5, 5.41) is 10.9. The van der Waals surface area contributed by atoms with Gasteiger partial charge in [-0.2, -0.15) is 0 Å². The lowest BCUT2D eigenvalue weighted by Crippen LogP contribution is -2.51. The molecule has 2 aliphatic carbocycles. The third-order valence-electron chi connectivity index (χ3n) is 4.98. The van der Waals surface area contributed by atoms with Crippen molar-refractivity contribution < 1.29 is 5.11 Å². The zero-order valence-corrected chi connectivity index (χ0v) is 10.3. The zero-order chi connectivity index (χ0) is 11.9. The number of benzene rings is 1. The Labute approximate surface area is 103 Å². The van der Waals surface area contributed by atoms with Crippen LogP contribution in [0, 0.1) is 5.41 Å². The summed E-state index contributed by atoms with van der Waals surface area (Å²) in [4.78, 5) is 0. The van der Waals surface area contributed by atoms with Gasteiger partial charge in [-0.3, -0.25) is 0 Å². The van der Waals surface area contributed by atoms with Crippen LogP contribution in [0.3, 0.4) is 0 Å². The van der Waals surface area contributed by atoms with Crippen LogP contribution >= 0.6 is 0 Å². The lowest BCUT2D eigenvalue weighted by Gasteiger charge is -2.42. The van der Waals surface area contributed by atoms with Crippen molar-refractivity contribution in [3.8, 4) is 0 Å². The number of aliphatic hydroxyl groups is 1. The molecule has 0 atom stereocenters. The molecule has 3 rings (SSSR count). The first-order valence-corrected chi connectivity index (χ1v) is 6.68. The van der Waals surface area contributed by atoms with Crippen LogP contribution < -0.4 is 5.73 Å². The maximum absolute atomic E-state index is 10.9. The summed E-state index contributed by atoms with van der Waals surface area (Å²) >= 11 is 0. The minimum atomic E-state index is -0.527. The molecule has 0 amide bonds. The third kappa shape index (κ3) is 1.54. The van der Waals surface area contributed by atoms with Gasteiger partial charge in [0.2, 0.25) is 0 Å². The van der Waals surface area contributed by atoms with E-state index in [1.54, 1.807) is 0 Å². The SMILES string of the molecule is NCC1(C2(O)CCCC2)Cc2ccccc2C1. The summed E-state index contributed by atoms with van der Waals surface area (Å²) in [5.41, 5.74) is 8.20. The van der Waals surface area contributed by atoms with E-state index >= 15 is 0 Å². The van der Waals surface area contributed by atoms with Gasteiger partial charge in [0.05, 0.1) is 5.60 Å². The van der Waals surface area contributed by atoms with Crippen molar-refractivity contribution in [3.63, 3.8) is 0 Å². The molecule has 2 nitrogen and oxygen atoms in total. The second-order valence-electron chi connectivity index (χ2n) is 5.85. The molecule has 0 bridgehead atoms. The predicted molar refractivity (Wildman–Crippen MR) is 68.8 cm³/mol. The summed E-state index contributed by atoms with van der Waals surface area (Å²) in [7, 11) is 0. The molecule has 0 saturated heterocycles. The molecule has 17 heavy (non-hydrogen) atoms. The van der Waals surface area contributed by atoms with Crippen LogP contribution in [0.2, 0.25) is 0 Å². The highest BCUT2D eigenvalue weighted by atomic mass is 16.3. The molecular weight excluding hydrogens is 210 g/mol. The van der Waals surface area contributed by atoms with Crippen LogP contribution in [0.25, 0.3) is 0 Å². The molecule has 0 aromatic heterocycles. The fourth-order valence-electron chi connectivity index (χ4n) is 3.85. The van der Waals surface area contributed by atoms with Crippen molar-refractivity contribution in [2.24, 2.45) is 11.1 Å². The third-order valence-corrected chi connectivity index (χ3v) is 4.98. The van der Waals surface area contributed by atoms with E-state index in [9.17, 15) is 5.11 Å². The first-order chi connectivity index (χ1) is 8.19. The number of hydrogen-bond donors (Lipinski definition) is 2. The van der Waals surface area contributed by atoms with Gasteiger partial charge >= 0.3 is 0 Å². The fraction of sp³-hybridized carbons (Fsp3) is 0.600. The Balaban J connectivity index is 1.97. The Morgan fingerprint density at radius 1 is 1.06 bits per heavy atom. The Morgan fingerprint density at radius 2 is 1.59 bits per heavy atom. The van der Waals surface area contributed by atoms with Gasteiger partial charge in [-0.05, 0) is 36.8 Å². The maximum Gasteiger partial charge on any atom is 0.0722 e. The summed E-state index contributed by atoms with van der Waals surface area (Å²) in [5.74, 6) is 0. The second kappa shape index (κ2) is 3.82. The number of nitrogens with two attached hydrogens (primary N) is 1.